The summed E-state index contributed by atoms with van der Waals surface area (Å²) < 4.78 is 75.1. The van der Waals surface area contributed by atoms with E-state index in [9.17, 15) is 21.6 Å². The standard InChI is InChI=1S/C36H22S.C25H15F3O3S.C12H8BO2S/c1-2-13-29-27(11-1)28-12-3-4-14-30(28)34-22-24(19-20-31(29)34)23-9-7-10-25(21-23)26-16-8-17-33-32-15-5-6-18-35(32)37-36(26)33;26-25(27,28)32(29,30)31-18-7-5-6-16(14-18)17-12-13-23-21-10-2-1-8-19(21)20-9-3-4-11-22(20)24(23)15-17;14-13-15-10-6-3-5-9-8-4-1-2-7-11(8)16-12(9)10/h1-22H;1-15H;1-7,14H. The van der Waals surface area contributed by atoms with E-state index in [2.05, 4.69) is 174 Å². The van der Waals surface area contributed by atoms with Gasteiger partial charge in [-0.15, -0.1) is 22.7 Å². The molecule has 0 saturated carbocycles. The zero-order chi connectivity index (χ0) is 57.8. The molecule has 0 unspecified atom stereocenters. The molecule has 85 heavy (non-hydrogen) atoms. The zero-order valence-corrected chi connectivity index (χ0v) is 47.4. The largest absolute Gasteiger partial charge is 0.569 e. The molecular formula is C73H45BF3O5S3. The fourth-order valence-electron chi connectivity index (χ4n) is 11.8. The molecule has 2 aromatic heterocycles. The summed E-state index contributed by atoms with van der Waals surface area (Å²) in [4.78, 5) is 0. The van der Waals surface area contributed by atoms with E-state index in [4.69, 9.17) is 9.68 Å². The van der Waals surface area contributed by atoms with Crippen LogP contribution in [0.1, 0.15) is 0 Å². The Kier molecular flexibility index (Phi) is 13.8. The average molecular weight is 1170 g/mol. The van der Waals surface area contributed by atoms with Crippen molar-refractivity contribution in [2.24, 2.45) is 0 Å². The normalized spacial score (nSPS) is 11.9. The second kappa shape index (κ2) is 21.9. The molecule has 0 bridgehead atoms. The number of rotatable bonds is 7. The van der Waals surface area contributed by atoms with Gasteiger partial charge in [-0.25, -0.2) is 0 Å². The van der Waals surface area contributed by atoms with E-state index in [0.29, 0.717) is 11.3 Å². The Bertz CT molecular complexity index is 5340. The van der Waals surface area contributed by atoms with Gasteiger partial charge in [0.1, 0.15) is 11.5 Å². The Balaban J connectivity index is 0.000000121. The number of thiophene rings is 2. The van der Waals surface area contributed by atoms with Gasteiger partial charge in [0.15, 0.2) is 0 Å². The summed E-state index contributed by atoms with van der Waals surface area (Å²) in [7, 11) is -5.02. The van der Waals surface area contributed by atoms with Crippen molar-refractivity contribution < 1.29 is 35.5 Å². The minimum absolute atomic E-state index is 0.400. The minimum Gasteiger partial charge on any atom is -0.536 e. The maximum absolute atomic E-state index is 12.7. The molecular weight excluding hydrogens is 1120 g/mol. The summed E-state index contributed by atoms with van der Waals surface area (Å²) >= 11 is 3.56. The lowest BCUT2D eigenvalue weighted by molar-refractivity contribution is -0.0500. The second-order valence-corrected chi connectivity index (χ2v) is 24.2. The van der Waals surface area contributed by atoms with E-state index in [1.54, 1.807) is 17.4 Å². The van der Waals surface area contributed by atoms with Crippen molar-refractivity contribution in [3.63, 3.8) is 0 Å². The first-order chi connectivity index (χ1) is 41.5. The third kappa shape index (κ3) is 9.82. The van der Waals surface area contributed by atoms with Crippen LogP contribution in [-0.4, -0.2) is 26.6 Å². The van der Waals surface area contributed by atoms with Crippen molar-refractivity contribution in [3.05, 3.63) is 267 Å². The van der Waals surface area contributed by atoms with Gasteiger partial charge in [-0.2, -0.15) is 21.6 Å². The molecule has 5 nitrogen and oxygen atoms in total. The van der Waals surface area contributed by atoms with E-state index in [1.807, 2.05) is 84.1 Å². The number of hydrogen-bond acceptors (Lipinski definition) is 7. The fourth-order valence-corrected chi connectivity index (χ4v) is 14.6. The number of benzene rings is 14. The summed E-state index contributed by atoms with van der Waals surface area (Å²) in [6.45, 7) is 0. The maximum atomic E-state index is 12.7. The smallest absolute Gasteiger partial charge is 0.536 e. The van der Waals surface area contributed by atoms with Crippen LogP contribution in [0.2, 0.25) is 0 Å². The van der Waals surface area contributed by atoms with Gasteiger partial charge in [0.25, 0.3) is 0 Å². The third-order valence-electron chi connectivity index (χ3n) is 15.6. The molecule has 16 rings (SSSR count). The Morgan fingerprint density at radius 1 is 0.341 bits per heavy atom. The van der Waals surface area contributed by atoms with Crippen LogP contribution in [0.5, 0.6) is 11.5 Å². The van der Waals surface area contributed by atoms with Gasteiger partial charge in [0, 0.05) is 35.6 Å². The molecule has 409 valence electrons. The van der Waals surface area contributed by atoms with Gasteiger partial charge in [-0.3, -0.25) is 0 Å². The minimum atomic E-state index is -5.74. The van der Waals surface area contributed by atoms with Crippen molar-refractivity contribution in [2.45, 2.75) is 5.51 Å². The molecule has 12 heteroatoms. The quantitative estimate of drug-likeness (QED) is 0.0745. The van der Waals surface area contributed by atoms with Gasteiger partial charge in [0.2, 0.25) is 0 Å². The molecule has 0 fully saturated rings. The third-order valence-corrected chi connectivity index (χ3v) is 19.0. The summed E-state index contributed by atoms with van der Waals surface area (Å²) in [5, 5.41) is 28.1. The summed E-state index contributed by atoms with van der Waals surface area (Å²) in [6.07, 6.45) is 0. The van der Waals surface area contributed by atoms with Crippen LogP contribution in [0.25, 0.3) is 138 Å². The van der Waals surface area contributed by atoms with Crippen LogP contribution in [0.3, 0.4) is 0 Å². The second-order valence-electron chi connectivity index (χ2n) is 20.5. The molecule has 0 aliphatic heterocycles. The van der Waals surface area contributed by atoms with Crippen LogP contribution < -0.4 is 8.84 Å². The van der Waals surface area contributed by atoms with E-state index in [-0.39, 0.29) is 0 Å². The molecule has 0 aliphatic carbocycles. The van der Waals surface area contributed by atoms with Crippen LogP contribution in [-0.2, 0) is 10.1 Å². The SMILES string of the molecule is O=S(=O)(Oc1cccc(-c2ccc3c4ccccc4c4ccccc4c3c2)c1)C(F)(F)F.O[B]Oc1cccc2c1sc1ccccc12.c1cc(-c2ccc3c4ccccc4c4ccccc4c3c2)cc(-c2cccc3c2sc2ccccc23)c1. The summed E-state index contributed by atoms with van der Waals surface area (Å²) in [6, 6.07) is 90.6. The Morgan fingerprint density at radius 3 is 1.20 bits per heavy atom. The number of hydrogen-bond donors (Lipinski definition) is 1. The van der Waals surface area contributed by atoms with Crippen LogP contribution in [0.4, 0.5) is 13.2 Å². The monoisotopic (exact) mass is 1170 g/mol. The van der Waals surface area contributed by atoms with Crippen LogP contribution in [0, 0.1) is 0 Å². The Morgan fingerprint density at radius 2 is 0.706 bits per heavy atom. The molecule has 16 aromatic rings. The molecule has 1 radical (unpaired) electrons. The van der Waals surface area contributed by atoms with E-state index in [0.717, 1.165) is 50.3 Å². The molecule has 1 N–H and O–H groups in total. The van der Waals surface area contributed by atoms with Gasteiger partial charge >= 0.3 is 23.3 Å². The molecule has 14 aromatic carbocycles. The fraction of sp³-hybridized carbons (Fsp3) is 0.0137. The highest BCUT2D eigenvalue weighted by atomic mass is 32.2. The molecule has 0 atom stereocenters. The number of fused-ring (bicyclic) bond motifs is 18. The van der Waals surface area contributed by atoms with E-state index < -0.39 is 21.4 Å². The topological polar surface area (TPSA) is 72.8 Å². The van der Waals surface area contributed by atoms with Crippen molar-refractivity contribution in [1.82, 2.24) is 0 Å². The maximum Gasteiger partial charge on any atom is 0.569 e. The first-order valence-corrected chi connectivity index (χ1v) is 30.4. The van der Waals surface area contributed by atoms with Crippen molar-refractivity contribution in [3.8, 4) is 44.9 Å². The molecule has 0 aliphatic rings. The number of halogens is 3. The van der Waals surface area contributed by atoms with Crippen LogP contribution in [0.15, 0.2) is 267 Å². The van der Waals surface area contributed by atoms with Gasteiger partial charge in [0.05, 0.1) is 4.70 Å². The molecule has 0 saturated heterocycles. The van der Waals surface area contributed by atoms with Crippen molar-refractivity contribution in [1.29, 1.82) is 0 Å². The first kappa shape index (κ1) is 53.5. The molecule has 0 spiro atoms. The van der Waals surface area contributed by atoms with Gasteiger partial charge in [-0.1, -0.05) is 218 Å². The highest BCUT2D eigenvalue weighted by Gasteiger charge is 2.48. The Hall–Kier alpha value is -9.56. The predicted molar refractivity (Wildman–Crippen MR) is 351 cm³/mol. The highest BCUT2D eigenvalue weighted by Crippen LogP contribution is 2.44. The lowest BCUT2D eigenvalue weighted by Crippen LogP contribution is -2.28. The first-order valence-electron chi connectivity index (χ1n) is 27.3. The Labute approximate surface area is 495 Å². The van der Waals surface area contributed by atoms with E-state index >= 15 is 0 Å². The molecule has 0 amide bonds. The summed E-state index contributed by atoms with van der Waals surface area (Å²) in [5.74, 6) is 0.296. The highest BCUT2D eigenvalue weighted by molar-refractivity contribution is 7.88. The van der Waals surface area contributed by atoms with Gasteiger partial charge in [-0.05, 0) is 147 Å². The summed E-state index contributed by atoms with van der Waals surface area (Å²) in [5.41, 5.74) is 0.835. The van der Waals surface area contributed by atoms with Crippen molar-refractivity contribution >= 4 is 145 Å². The predicted octanol–water partition coefficient (Wildman–Crippen LogP) is 20.8. The van der Waals surface area contributed by atoms with Gasteiger partial charge < -0.3 is 13.9 Å². The van der Waals surface area contributed by atoms with Crippen molar-refractivity contribution in [2.75, 3.05) is 0 Å². The van der Waals surface area contributed by atoms with E-state index in [1.165, 1.54) is 108 Å². The van der Waals surface area contributed by atoms with Crippen LogP contribution >= 0.6 is 22.7 Å². The average Bonchev–Trinajstić information content (AvgIpc) is 2.95. The number of alkyl halides is 3. The molecule has 2 heterocycles. The lowest BCUT2D eigenvalue weighted by atomic mass is 9.91. The zero-order valence-electron chi connectivity index (χ0n) is 44.9. The lowest BCUT2D eigenvalue weighted by Gasteiger charge is -2.13.